The van der Waals surface area contributed by atoms with Crippen LogP contribution in [-0.4, -0.2) is 58.8 Å². The summed E-state index contributed by atoms with van der Waals surface area (Å²) in [6.07, 6.45) is 4.33. The quantitative estimate of drug-likeness (QED) is 0.586. The summed E-state index contributed by atoms with van der Waals surface area (Å²) in [4.78, 5) is 23.4. The van der Waals surface area contributed by atoms with E-state index in [4.69, 9.17) is 21.4 Å². The summed E-state index contributed by atoms with van der Waals surface area (Å²) in [5, 5.41) is 13.9. The zero-order valence-electron chi connectivity index (χ0n) is 16.8. The number of rotatable bonds is 6. The van der Waals surface area contributed by atoms with Crippen molar-refractivity contribution >= 4 is 39.8 Å². The third-order valence-corrected chi connectivity index (χ3v) is 6.22. The number of halogens is 1. The smallest absolute Gasteiger partial charge is 0.248 e. The van der Waals surface area contributed by atoms with E-state index in [9.17, 15) is 4.79 Å². The summed E-state index contributed by atoms with van der Waals surface area (Å²) in [6, 6.07) is 11.6. The standard InChI is InChI=1S/C22H23ClN4O3S/c23-18-3-1-2-17(10-18)19-11-25-22(31-19)26-20-9-15(4-5-24-20)8-16-12-27(21(29)13-28)6-7-30-14-16/h1-5,9-11,16,28H,6-8,12-14H2,(H,24,25,26). The van der Waals surface area contributed by atoms with Crippen LogP contribution < -0.4 is 5.32 Å². The summed E-state index contributed by atoms with van der Waals surface area (Å²) >= 11 is 7.62. The number of carbonyl (C=O) groups excluding carboxylic acids is 1. The molecule has 1 amide bonds. The van der Waals surface area contributed by atoms with Gasteiger partial charge in [-0.05, 0) is 41.8 Å². The highest BCUT2D eigenvalue weighted by Crippen LogP contribution is 2.31. The summed E-state index contributed by atoms with van der Waals surface area (Å²) < 4.78 is 5.66. The monoisotopic (exact) mass is 458 g/mol. The van der Waals surface area contributed by atoms with Crippen molar-refractivity contribution in [3.63, 3.8) is 0 Å². The fraction of sp³-hybridized carbons (Fsp3) is 0.318. The van der Waals surface area contributed by atoms with Crippen LogP contribution in [-0.2, 0) is 16.0 Å². The number of aliphatic hydroxyl groups excluding tert-OH is 1. The highest BCUT2D eigenvalue weighted by atomic mass is 35.5. The Balaban J connectivity index is 1.42. The minimum Gasteiger partial charge on any atom is -0.387 e. The summed E-state index contributed by atoms with van der Waals surface area (Å²) in [7, 11) is 0. The number of pyridine rings is 1. The van der Waals surface area contributed by atoms with Gasteiger partial charge in [-0.1, -0.05) is 35.1 Å². The number of aliphatic hydroxyl groups is 1. The Hall–Kier alpha value is -2.52. The third kappa shape index (κ3) is 5.80. The first-order valence-electron chi connectivity index (χ1n) is 10.0. The number of aromatic nitrogens is 2. The molecule has 3 aromatic rings. The van der Waals surface area contributed by atoms with Crippen LogP contribution in [0.1, 0.15) is 5.56 Å². The molecular formula is C22H23ClN4O3S. The molecule has 2 aromatic heterocycles. The number of amides is 1. The molecule has 162 valence electrons. The van der Waals surface area contributed by atoms with Gasteiger partial charge in [0, 0.05) is 36.4 Å². The molecule has 2 N–H and O–H groups in total. The van der Waals surface area contributed by atoms with Crippen LogP contribution in [0.2, 0.25) is 5.02 Å². The molecule has 0 radical (unpaired) electrons. The molecule has 0 saturated carbocycles. The van der Waals surface area contributed by atoms with Gasteiger partial charge in [0.1, 0.15) is 12.4 Å². The molecule has 0 bridgehead atoms. The fourth-order valence-corrected chi connectivity index (χ4v) is 4.56. The zero-order valence-corrected chi connectivity index (χ0v) is 18.4. The normalized spacial score (nSPS) is 16.7. The van der Waals surface area contributed by atoms with Crippen molar-refractivity contribution in [1.29, 1.82) is 0 Å². The highest BCUT2D eigenvalue weighted by Gasteiger charge is 2.22. The Kier molecular flexibility index (Phi) is 7.14. The number of nitrogens with zero attached hydrogens (tertiary/aromatic N) is 3. The lowest BCUT2D eigenvalue weighted by Gasteiger charge is -2.23. The van der Waals surface area contributed by atoms with Crippen LogP contribution in [0, 0.1) is 5.92 Å². The van der Waals surface area contributed by atoms with E-state index in [0.717, 1.165) is 27.6 Å². The zero-order chi connectivity index (χ0) is 21.6. The molecular weight excluding hydrogens is 436 g/mol. The van der Waals surface area contributed by atoms with Crippen LogP contribution in [0.15, 0.2) is 48.8 Å². The predicted molar refractivity (Wildman–Crippen MR) is 122 cm³/mol. The number of hydrogen-bond acceptors (Lipinski definition) is 7. The molecule has 3 heterocycles. The van der Waals surface area contributed by atoms with Crippen LogP contribution in [0.4, 0.5) is 10.9 Å². The minimum atomic E-state index is -0.471. The lowest BCUT2D eigenvalue weighted by molar-refractivity contribution is -0.134. The predicted octanol–water partition coefficient (Wildman–Crippen LogP) is 3.61. The molecule has 1 fully saturated rings. The summed E-state index contributed by atoms with van der Waals surface area (Å²) in [6.45, 7) is 1.68. The molecule has 7 nitrogen and oxygen atoms in total. The molecule has 1 aromatic carbocycles. The number of hydrogen-bond donors (Lipinski definition) is 2. The second-order valence-corrected chi connectivity index (χ2v) is 8.82. The Morgan fingerprint density at radius 2 is 2.23 bits per heavy atom. The SMILES string of the molecule is O=C(CO)N1CCOCC(Cc2ccnc(Nc3ncc(-c4cccc(Cl)c4)s3)c2)C1. The molecule has 4 rings (SSSR count). The largest absolute Gasteiger partial charge is 0.387 e. The van der Waals surface area contributed by atoms with Gasteiger partial charge in [0.2, 0.25) is 5.91 Å². The Labute approximate surface area is 189 Å². The first-order chi connectivity index (χ1) is 15.1. The van der Waals surface area contributed by atoms with Gasteiger partial charge in [-0.15, -0.1) is 0 Å². The minimum absolute atomic E-state index is 0.155. The molecule has 0 aliphatic carbocycles. The third-order valence-electron chi connectivity index (χ3n) is 5.02. The van der Waals surface area contributed by atoms with Gasteiger partial charge in [-0.2, -0.15) is 0 Å². The van der Waals surface area contributed by atoms with Crippen LogP contribution in [0.5, 0.6) is 0 Å². The summed E-state index contributed by atoms with van der Waals surface area (Å²) in [5.41, 5.74) is 2.12. The van der Waals surface area contributed by atoms with Crippen molar-refractivity contribution in [3.8, 4) is 10.4 Å². The number of nitrogens with one attached hydrogen (secondary N) is 1. The van der Waals surface area contributed by atoms with E-state index in [1.807, 2.05) is 42.6 Å². The van der Waals surface area contributed by atoms with Gasteiger partial charge >= 0.3 is 0 Å². The first kappa shape index (κ1) is 21.7. The maximum Gasteiger partial charge on any atom is 0.248 e. The van der Waals surface area contributed by atoms with Gasteiger partial charge < -0.3 is 20.1 Å². The molecule has 31 heavy (non-hydrogen) atoms. The van der Waals surface area contributed by atoms with Gasteiger partial charge in [0.05, 0.1) is 18.1 Å². The van der Waals surface area contributed by atoms with E-state index >= 15 is 0 Å². The van der Waals surface area contributed by atoms with Gasteiger partial charge in [-0.3, -0.25) is 4.79 Å². The van der Waals surface area contributed by atoms with Gasteiger partial charge in [-0.25, -0.2) is 9.97 Å². The lowest BCUT2D eigenvalue weighted by atomic mass is 10.00. The molecule has 1 unspecified atom stereocenters. The van der Waals surface area contributed by atoms with E-state index in [1.54, 1.807) is 11.1 Å². The Morgan fingerprint density at radius 3 is 3.06 bits per heavy atom. The van der Waals surface area contributed by atoms with Crippen molar-refractivity contribution < 1.29 is 14.6 Å². The van der Waals surface area contributed by atoms with Gasteiger partial charge in [0.15, 0.2) is 5.13 Å². The second kappa shape index (κ2) is 10.2. The van der Waals surface area contributed by atoms with Crippen molar-refractivity contribution in [3.05, 3.63) is 59.4 Å². The molecule has 1 atom stereocenters. The molecule has 1 aliphatic heterocycles. The molecule has 1 saturated heterocycles. The highest BCUT2D eigenvalue weighted by molar-refractivity contribution is 7.18. The molecule has 9 heteroatoms. The Bertz CT molecular complexity index is 1040. The number of anilines is 2. The van der Waals surface area contributed by atoms with E-state index in [0.29, 0.717) is 37.1 Å². The van der Waals surface area contributed by atoms with E-state index in [1.165, 1.54) is 11.3 Å². The molecule has 0 spiro atoms. The number of benzene rings is 1. The van der Waals surface area contributed by atoms with Crippen LogP contribution in [0.25, 0.3) is 10.4 Å². The number of carbonyl (C=O) groups is 1. The van der Waals surface area contributed by atoms with Crippen molar-refractivity contribution in [2.45, 2.75) is 6.42 Å². The lowest BCUT2D eigenvalue weighted by Crippen LogP contribution is -2.38. The van der Waals surface area contributed by atoms with Crippen molar-refractivity contribution in [2.24, 2.45) is 5.92 Å². The first-order valence-corrected chi connectivity index (χ1v) is 11.2. The fourth-order valence-electron chi connectivity index (χ4n) is 3.55. The van der Waals surface area contributed by atoms with Crippen LogP contribution >= 0.6 is 22.9 Å². The number of thiazole rings is 1. The summed E-state index contributed by atoms with van der Waals surface area (Å²) in [5.74, 6) is 0.608. The molecule has 1 aliphatic rings. The van der Waals surface area contributed by atoms with Crippen molar-refractivity contribution in [1.82, 2.24) is 14.9 Å². The number of ether oxygens (including phenoxy) is 1. The van der Waals surface area contributed by atoms with Crippen LogP contribution in [0.3, 0.4) is 0 Å². The van der Waals surface area contributed by atoms with E-state index in [2.05, 4.69) is 15.3 Å². The second-order valence-electron chi connectivity index (χ2n) is 7.36. The average Bonchev–Trinajstić information content (AvgIpc) is 3.11. The average molecular weight is 459 g/mol. The topological polar surface area (TPSA) is 87.6 Å². The van der Waals surface area contributed by atoms with E-state index < -0.39 is 6.61 Å². The maximum absolute atomic E-state index is 11.9. The van der Waals surface area contributed by atoms with E-state index in [-0.39, 0.29) is 11.8 Å². The maximum atomic E-state index is 11.9. The van der Waals surface area contributed by atoms with Crippen molar-refractivity contribution in [2.75, 3.05) is 38.2 Å². The van der Waals surface area contributed by atoms with Gasteiger partial charge in [0.25, 0.3) is 0 Å². The Morgan fingerprint density at radius 1 is 1.32 bits per heavy atom.